The molecule has 0 spiro atoms. The molecule has 2 heterocycles. The molecule has 2 aromatic heterocycles. The minimum absolute atomic E-state index is 0.141. The Morgan fingerprint density at radius 3 is 3.06 bits per heavy atom. The predicted molar refractivity (Wildman–Crippen MR) is 74.0 cm³/mol. The Labute approximate surface area is 108 Å². The zero-order valence-electron chi connectivity index (χ0n) is 9.80. The molecule has 0 saturated carbocycles. The largest absolute Gasteiger partial charge is 0.395 e. The Morgan fingerprint density at radius 2 is 2.35 bits per heavy atom. The van der Waals surface area contributed by atoms with Crippen molar-refractivity contribution in [2.24, 2.45) is 0 Å². The van der Waals surface area contributed by atoms with Crippen LogP contribution in [0.15, 0.2) is 16.5 Å². The molecule has 0 amide bonds. The van der Waals surface area contributed by atoms with Gasteiger partial charge in [-0.05, 0) is 18.4 Å². The van der Waals surface area contributed by atoms with E-state index in [4.69, 9.17) is 5.11 Å². The van der Waals surface area contributed by atoms with Crippen molar-refractivity contribution in [3.05, 3.63) is 11.4 Å². The van der Waals surface area contributed by atoms with Crippen molar-refractivity contribution >= 4 is 39.3 Å². The van der Waals surface area contributed by atoms with Gasteiger partial charge in [0.1, 0.15) is 9.86 Å². The second-order valence-corrected chi connectivity index (χ2v) is 5.95. The van der Waals surface area contributed by atoms with Gasteiger partial charge in [-0.3, -0.25) is 0 Å². The van der Waals surface area contributed by atoms with Crippen LogP contribution in [0.25, 0.3) is 10.2 Å². The summed E-state index contributed by atoms with van der Waals surface area (Å²) < 4.78 is 0. The summed E-state index contributed by atoms with van der Waals surface area (Å²) in [6.45, 7) is 4.95. The number of rotatable bonds is 5. The van der Waals surface area contributed by atoms with E-state index in [-0.39, 0.29) is 11.9 Å². The van der Waals surface area contributed by atoms with E-state index >= 15 is 0 Å². The van der Waals surface area contributed by atoms with Crippen molar-refractivity contribution < 1.29 is 5.11 Å². The zero-order chi connectivity index (χ0) is 12.3. The highest BCUT2D eigenvalue weighted by Gasteiger charge is 2.12. The van der Waals surface area contributed by atoms with Gasteiger partial charge in [0, 0.05) is 17.2 Å². The summed E-state index contributed by atoms with van der Waals surface area (Å²) in [6.07, 6.45) is 0. The highest BCUT2D eigenvalue weighted by Crippen LogP contribution is 2.31. The maximum atomic E-state index is 9.11. The number of aliphatic hydroxyl groups is 1. The number of aromatic nitrogens is 2. The minimum Gasteiger partial charge on any atom is -0.395 e. The van der Waals surface area contributed by atoms with Gasteiger partial charge in [0.15, 0.2) is 0 Å². The normalized spacial score (nSPS) is 12.9. The molecule has 2 rings (SSSR count). The van der Waals surface area contributed by atoms with E-state index in [1.165, 1.54) is 0 Å². The average molecular weight is 269 g/mol. The number of anilines is 1. The Hall–Kier alpha value is -0.850. The molecule has 2 aromatic rings. The van der Waals surface area contributed by atoms with Gasteiger partial charge in [0.2, 0.25) is 5.95 Å². The third kappa shape index (κ3) is 2.88. The van der Waals surface area contributed by atoms with Gasteiger partial charge in [0.25, 0.3) is 0 Å². The smallest absolute Gasteiger partial charge is 0.225 e. The van der Waals surface area contributed by atoms with E-state index in [1.54, 1.807) is 23.1 Å². The van der Waals surface area contributed by atoms with Gasteiger partial charge in [-0.15, -0.1) is 23.1 Å². The number of thioether (sulfide) groups is 1. The lowest BCUT2D eigenvalue weighted by atomic mass is 10.4. The van der Waals surface area contributed by atoms with Crippen molar-refractivity contribution in [2.45, 2.75) is 24.1 Å². The zero-order valence-corrected chi connectivity index (χ0v) is 11.4. The number of hydrogen-bond donors (Lipinski definition) is 2. The predicted octanol–water partition coefficient (Wildman–Crippen LogP) is 2.60. The first-order valence-corrected chi connectivity index (χ1v) is 7.27. The number of aliphatic hydroxyl groups excluding tert-OH is 1. The van der Waals surface area contributed by atoms with Crippen LogP contribution in [-0.4, -0.2) is 33.5 Å². The summed E-state index contributed by atoms with van der Waals surface area (Å²) in [4.78, 5) is 9.92. The number of nitrogens with one attached hydrogen (secondary N) is 1. The van der Waals surface area contributed by atoms with Gasteiger partial charge >= 0.3 is 0 Å². The fourth-order valence-corrected chi connectivity index (χ4v) is 3.10. The molecule has 6 heteroatoms. The first-order chi connectivity index (χ1) is 8.24. The lowest BCUT2D eigenvalue weighted by Crippen LogP contribution is -2.05. The Morgan fingerprint density at radius 1 is 1.53 bits per heavy atom. The third-order valence-electron chi connectivity index (χ3n) is 2.19. The fraction of sp³-hybridized carbons (Fsp3) is 0.455. The average Bonchev–Trinajstić information content (AvgIpc) is 2.77. The van der Waals surface area contributed by atoms with Gasteiger partial charge in [-0.2, -0.15) is 0 Å². The second kappa shape index (κ2) is 5.66. The molecule has 0 aliphatic carbocycles. The number of nitrogens with zero attached hydrogens (tertiary/aromatic N) is 2. The summed E-state index contributed by atoms with van der Waals surface area (Å²) in [5.41, 5.74) is 0. The monoisotopic (exact) mass is 269 g/mol. The lowest BCUT2D eigenvalue weighted by molar-refractivity contribution is 0.300. The quantitative estimate of drug-likeness (QED) is 0.645. The van der Waals surface area contributed by atoms with Crippen molar-refractivity contribution in [2.75, 3.05) is 18.5 Å². The topological polar surface area (TPSA) is 58.0 Å². The first kappa shape index (κ1) is 12.6. The summed E-state index contributed by atoms with van der Waals surface area (Å²) in [6, 6.07) is 2.03. The van der Waals surface area contributed by atoms with Crippen molar-refractivity contribution in [1.29, 1.82) is 0 Å². The van der Waals surface area contributed by atoms with Crippen molar-refractivity contribution in [1.82, 2.24) is 9.97 Å². The molecule has 17 heavy (non-hydrogen) atoms. The van der Waals surface area contributed by atoms with Crippen LogP contribution in [0.1, 0.15) is 13.8 Å². The molecule has 92 valence electrons. The molecule has 0 bridgehead atoms. The van der Waals surface area contributed by atoms with Gasteiger partial charge in [0.05, 0.1) is 6.61 Å². The molecular formula is C11H15N3OS2. The SMILES string of the molecule is CCNc1nc(SC(C)CO)c2ccsc2n1. The molecule has 1 unspecified atom stereocenters. The van der Waals surface area contributed by atoms with Crippen LogP contribution >= 0.6 is 23.1 Å². The molecule has 0 aliphatic heterocycles. The van der Waals surface area contributed by atoms with E-state index in [0.29, 0.717) is 5.95 Å². The maximum Gasteiger partial charge on any atom is 0.225 e. The van der Waals surface area contributed by atoms with Crippen LogP contribution in [0.4, 0.5) is 5.95 Å². The minimum atomic E-state index is 0.141. The Kier molecular flexibility index (Phi) is 4.20. The molecule has 2 N–H and O–H groups in total. The van der Waals surface area contributed by atoms with Crippen LogP contribution in [0.2, 0.25) is 0 Å². The van der Waals surface area contributed by atoms with Crippen LogP contribution < -0.4 is 5.32 Å². The second-order valence-electron chi connectivity index (χ2n) is 3.63. The van der Waals surface area contributed by atoms with Gasteiger partial charge in [-0.1, -0.05) is 6.92 Å². The standard InChI is InChI=1S/C11H15N3OS2/c1-3-12-11-13-9-8(4-5-16-9)10(14-11)17-7(2)6-15/h4-5,7,15H,3,6H2,1-2H3,(H,12,13,14). The van der Waals surface area contributed by atoms with E-state index < -0.39 is 0 Å². The first-order valence-electron chi connectivity index (χ1n) is 5.51. The maximum absolute atomic E-state index is 9.11. The van der Waals surface area contributed by atoms with Crippen molar-refractivity contribution in [3.8, 4) is 0 Å². The van der Waals surface area contributed by atoms with Gasteiger partial charge in [-0.25, -0.2) is 9.97 Å². The molecular weight excluding hydrogens is 254 g/mol. The van der Waals surface area contributed by atoms with Crippen molar-refractivity contribution in [3.63, 3.8) is 0 Å². The summed E-state index contributed by atoms with van der Waals surface area (Å²) in [5, 5.41) is 16.4. The Balaban J connectivity index is 2.39. The molecule has 0 radical (unpaired) electrons. The lowest BCUT2D eigenvalue weighted by Gasteiger charge is -2.09. The number of thiophene rings is 1. The van der Waals surface area contributed by atoms with Crippen LogP contribution in [0.5, 0.6) is 0 Å². The van der Waals surface area contributed by atoms with E-state index in [0.717, 1.165) is 21.8 Å². The van der Waals surface area contributed by atoms with Crippen LogP contribution in [0.3, 0.4) is 0 Å². The summed E-state index contributed by atoms with van der Waals surface area (Å²) >= 11 is 3.19. The molecule has 0 saturated heterocycles. The number of fused-ring (bicyclic) bond motifs is 1. The van der Waals surface area contributed by atoms with Gasteiger partial charge < -0.3 is 10.4 Å². The summed E-state index contributed by atoms with van der Waals surface area (Å²) in [5.74, 6) is 0.662. The van der Waals surface area contributed by atoms with E-state index in [2.05, 4.69) is 15.3 Å². The fourth-order valence-electron chi connectivity index (χ4n) is 1.38. The molecule has 0 aliphatic rings. The Bertz CT molecular complexity index is 500. The molecule has 4 nitrogen and oxygen atoms in total. The van der Waals surface area contributed by atoms with Crippen LogP contribution in [0, 0.1) is 0 Å². The highest BCUT2D eigenvalue weighted by molar-refractivity contribution is 8.00. The molecule has 1 atom stereocenters. The van der Waals surface area contributed by atoms with Crippen LogP contribution in [-0.2, 0) is 0 Å². The molecule has 0 fully saturated rings. The van der Waals surface area contributed by atoms with E-state index in [1.807, 2.05) is 25.3 Å². The molecule has 0 aromatic carbocycles. The third-order valence-corrected chi connectivity index (χ3v) is 4.09. The summed E-state index contributed by atoms with van der Waals surface area (Å²) in [7, 11) is 0. The number of hydrogen-bond acceptors (Lipinski definition) is 6. The van der Waals surface area contributed by atoms with E-state index in [9.17, 15) is 0 Å². The highest BCUT2D eigenvalue weighted by atomic mass is 32.2.